The summed E-state index contributed by atoms with van der Waals surface area (Å²) in [6.45, 7) is 2.52. The number of rotatable bonds is 5. The Hall–Kier alpha value is -2.47. The van der Waals surface area contributed by atoms with Gasteiger partial charge >= 0.3 is 0 Å². The Balaban J connectivity index is 2.02. The van der Waals surface area contributed by atoms with Crippen LogP contribution in [-0.4, -0.2) is 16.6 Å². The van der Waals surface area contributed by atoms with Crippen LogP contribution in [0.5, 0.6) is 0 Å². The van der Waals surface area contributed by atoms with Gasteiger partial charge < -0.3 is 4.90 Å². The predicted molar refractivity (Wildman–Crippen MR) is 105 cm³/mol. The largest absolute Gasteiger partial charge is 0.341 e. The zero-order valence-corrected chi connectivity index (χ0v) is 16.1. The van der Waals surface area contributed by atoms with E-state index in [9.17, 15) is 9.18 Å². The minimum atomic E-state index is -0.304. The number of hydrogen-bond donors (Lipinski definition) is 0. The quantitative estimate of drug-likeness (QED) is 0.619. The molecule has 1 unspecified atom stereocenters. The van der Waals surface area contributed by atoms with Crippen molar-refractivity contribution in [1.29, 1.82) is 0 Å². The van der Waals surface area contributed by atoms with Gasteiger partial charge in [-0.1, -0.05) is 42.5 Å². The third-order valence-corrected chi connectivity index (χ3v) is 4.82. The van der Waals surface area contributed by atoms with Gasteiger partial charge in [0.05, 0.1) is 12.2 Å². The molecule has 0 aliphatic rings. The van der Waals surface area contributed by atoms with E-state index in [1.54, 1.807) is 16.7 Å². The second-order valence-corrected chi connectivity index (χ2v) is 7.00. The van der Waals surface area contributed by atoms with Crippen LogP contribution in [0, 0.1) is 5.82 Å². The molecule has 134 valence electrons. The molecule has 0 bridgehead atoms. The van der Waals surface area contributed by atoms with Crippen LogP contribution in [-0.2, 0) is 6.54 Å². The summed E-state index contributed by atoms with van der Waals surface area (Å²) in [5.41, 5.74) is 1.78. The molecule has 0 amide bonds. The smallest absolute Gasteiger partial charge is 0.269 e. The first kappa shape index (κ1) is 18.3. The van der Waals surface area contributed by atoms with Gasteiger partial charge in [0.15, 0.2) is 0 Å². The zero-order chi connectivity index (χ0) is 18.7. The standard InChI is InChI=1S/C20H19BrFN3O/c1-14(16-8-10-17(22)11-9-16)25-19(26)18(21)12-23-20(25)24(2)13-15-6-4-3-5-7-15/h3-12,14H,13H2,1-2H3. The van der Waals surface area contributed by atoms with Crippen molar-refractivity contribution in [1.82, 2.24) is 9.55 Å². The highest BCUT2D eigenvalue weighted by Gasteiger charge is 2.19. The molecule has 0 radical (unpaired) electrons. The summed E-state index contributed by atoms with van der Waals surface area (Å²) in [5.74, 6) is 0.251. The van der Waals surface area contributed by atoms with Crippen molar-refractivity contribution < 1.29 is 4.39 Å². The Morgan fingerprint density at radius 1 is 1.15 bits per heavy atom. The summed E-state index contributed by atoms with van der Waals surface area (Å²) in [5, 5.41) is 0. The number of aromatic nitrogens is 2. The molecule has 6 heteroatoms. The molecular formula is C20H19BrFN3O. The average molecular weight is 416 g/mol. The Morgan fingerprint density at radius 3 is 2.46 bits per heavy atom. The molecule has 4 nitrogen and oxygen atoms in total. The van der Waals surface area contributed by atoms with Gasteiger partial charge in [-0.2, -0.15) is 0 Å². The first-order valence-corrected chi connectivity index (χ1v) is 9.04. The summed E-state index contributed by atoms with van der Waals surface area (Å²) in [7, 11) is 1.90. The van der Waals surface area contributed by atoms with Crippen LogP contribution in [0.1, 0.15) is 24.1 Å². The maximum absolute atomic E-state index is 13.2. The van der Waals surface area contributed by atoms with Crippen LogP contribution in [0.4, 0.5) is 10.3 Å². The predicted octanol–water partition coefficient (Wildman–Crippen LogP) is 4.39. The van der Waals surface area contributed by atoms with Crippen molar-refractivity contribution in [3.63, 3.8) is 0 Å². The maximum atomic E-state index is 13.2. The van der Waals surface area contributed by atoms with Crippen molar-refractivity contribution in [2.24, 2.45) is 0 Å². The van der Waals surface area contributed by atoms with Gasteiger partial charge in [-0.15, -0.1) is 0 Å². The van der Waals surface area contributed by atoms with Crippen LogP contribution in [0.15, 0.2) is 70.1 Å². The fourth-order valence-corrected chi connectivity index (χ4v) is 3.18. The van der Waals surface area contributed by atoms with E-state index >= 15 is 0 Å². The van der Waals surface area contributed by atoms with E-state index in [1.165, 1.54) is 18.3 Å². The summed E-state index contributed by atoms with van der Waals surface area (Å²) >= 11 is 3.27. The summed E-state index contributed by atoms with van der Waals surface area (Å²) in [6, 6.07) is 15.9. The monoisotopic (exact) mass is 415 g/mol. The minimum Gasteiger partial charge on any atom is -0.341 e. The van der Waals surface area contributed by atoms with Crippen molar-refractivity contribution in [2.75, 3.05) is 11.9 Å². The molecule has 0 saturated carbocycles. The SMILES string of the molecule is CC(c1ccc(F)cc1)n1c(N(C)Cc2ccccc2)ncc(Br)c1=O. The van der Waals surface area contributed by atoms with E-state index in [4.69, 9.17) is 0 Å². The van der Waals surface area contributed by atoms with Crippen LogP contribution < -0.4 is 10.5 Å². The topological polar surface area (TPSA) is 38.1 Å². The molecule has 0 spiro atoms. The van der Waals surface area contributed by atoms with Crippen molar-refractivity contribution in [2.45, 2.75) is 19.5 Å². The number of hydrogen-bond acceptors (Lipinski definition) is 3. The highest BCUT2D eigenvalue weighted by Crippen LogP contribution is 2.23. The maximum Gasteiger partial charge on any atom is 0.269 e. The van der Waals surface area contributed by atoms with E-state index in [0.717, 1.165) is 11.1 Å². The second kappa shape index (κ2) is 7.83. The van der Waals surface area contributed by atoms with E-state index in [1.807, 2.05) is 49.2 Å². The number of benzene rings is 2. The molecule has 0 fully saturated rings. The molecular weight excluding hydrogens is 397 g/mol. The Bertz CT molecular complexity index is 942. The van der Waals surface area contributed by atoms with Crippen molar-refractivity contribution >= 4 is 21.9 Å². The Kier molecular flexibility index (Phi) is 5.52. The highest BCUT2D eigenvalue weighted by molar-refractivity contribution is 9.10. The van der Waals surface area contributed by atoms with E-state index in [2.05, 4.69) is 20.9 Å². The molecule has 1 heterocycles. The summed E-state index contributed by atoms with van der Waals surface area (Å²) in [4.78, 5) is 19.2. The van der Waals surface area contributed by atoms with E-state index < -0.39 is 0 Å². The van der Waals surface area contributed by atoms with Crippen LogP contribution in [0.25, 0.3) is 0 Å². The molecule has 3 rings (SSSR count). The number of nitrogens with zero attached hydrogens (tertiary/aromatic N) is 3. The Morgan fingerprint density at radius 2 is 1.81 bits per heavy atom. The second-order valence-electron chi connectivity index (χ2n) is 6.15. The third-order valence-electron chi connectivity index (χ3n) is 4.28. The molecule has 0 saturated heterocycles. The summed E-state index contributed by atoms with van der Waals surface area (Å²) < 4.78 is 15.3. The number of halogens is 2. The van der Waals surface area contributed by atoms with Gasteiger partial charge in [-0.3, -0.25) is 9.36 Å². The molecule has 26 heavy (non-hydrogen) atoms. The lowest BCUT2D eigenvalue weighted by molar-refractivity contribution is 0.584. The fraction of sp³-hybridized carbons (Fsp3) is 0.200. The molecule has 3 aromatic rings. The third kappa shape index (κ3) is 3.85. The van der Waals surface area contributed by atoms with Crippen LogP contribution in [0.3, 0.4) is 0 Å². The van der Waals surface area contributed by atoms with Crippen LogP contribution in [0.2, 0.25) is 0 Å². The summed E-state index contributed by atoms with van der Waals surface area (Å²) in [6.07, 6.45) is 1.52. The minimum absolute atomic E-state index is 0.174. The fourth-order valence-electron chi connectivity index (χ4n) is 2.89. The molecule has 0 N–H and O–H groups in total. The lowest BCUT2D eigenvalue weighted by Crippen LogP contribution is -2.32. The van der Waals surface area contributed by atoms with Gasteiger partial charge in [0, 0.05) is 13.6 Å². The van der Waals surface area contributed by atoms with Gasteiger partial charge in [-0.25, -0.2) is 9.37 Å². The van der Waals surface area contributed by atoms with Crippen LogP contribution >= 0.6 is 15.9 Å². The van der Waals surface area contributed by atoms with E-state index in [0.29, 0.717) is 17.0 Å². The van der Waals surface area contributed by atoms with Gasteiger partial charge in [-0.05, 0) is 46.1 Å². The van der Waals surface area contributed by atoms with Crippen molar-refractivity contribution in [3.05, 3.63) is 92.6 Å². The van der Waals surface area contributed by atoms with Crippen molar-refractivity contribution in [3.8, 4) is 0 Å². The molecule has 0 aliphatic carbocycles. The highest BCUT2D eigenvalue weighted by atomic mass is 79.9. The van der Waals surface area contributed by atoms with Gasteiger partial charge in [0.25, 0.3) is 5.56 Å². The zero-order valence-electron chi connectivity index (χ0n) is 14.6. The lowest BCUT2D eigenvalue weighted by Gasteiger charge is -2.26. The van der Waals surface area contributed by atoms with E-state index in [-0.39, 0.29) is 17.4 Å². The molecule has 1 aromatic heterocycles. The Labute approximate surface area is 160 Å². The van der Waals surface area contributed by atoms with Gasteiger partial charge in [0.2, 0.25) is 5.95 Å². The number of anilines is 1. The first-order valence-electron chi connectivity index (χ1n) is 8.25. The first-order chi connectivity index (χ1) is 12.5. The average Bonchev–Trinajstić information content (AvgIpc) is 2.64. The lowest BCUT2D eigenvalue weighted by atomic mass is 10.1. The molecule has 1 atom stereocenters. The normalized spacial score (nSPS) is 12.0. The molecule has 0 aliphatic heterocycles. The molecule has 2 aromatic carbocycles. The van der Waals surface area contributed by atoms with Gasteiger partial charge in [0.1, 0.15) is 10.3 Å².